The molecule has 5 heteroatoms. The van der Waals surface area contributed by atoms with Gasteiger partial charge >= 0.3 is 5.97 Å². The maximum atomic E-state index is 10.5. The highest BCUT2D eigenvalue weighted by atomic mass is 16.5. The lowest BCUT2D eigenvalue weighted by atomic mass is 10.2. The third-order valence-corrected chi connectivity index (χ3v) is 2.95. The SMILES string of the molecule is CCOCC(C)N1CCN(CC(=O)O)CC1. The van der Waals surface area contributed by atoms with Gasteiger partial charge in [0.15, 0.2) is 0 Å². The minimum atomic E-state index is -0.740. The summed E-state index contributed by atoms with van der Waals surface area (Å²) in [6, 6.07) is 0.423. The van der Waals surface area contributed by atoms with E-state index in [4.69, 9.17) is 9.84 Å². The molecule has 1 aliphatic heterocycles. The zero-order chi connectivity index (χ0) is 12.0. The summed E-state index contributed by atoms with van der Waals surface area (Å²) in [5.74, 6) is -0.740. The van der Waals surface area contributed by atoms with Crippen LogP contribution in [-0.2, 0) is 9.53 Å². The number of carbonyl (C=O) groups is 1. The molecule has 0 amide bonds. The van der Waals surface area contributed by atoms with E-state index in [9.17, 15) is 4.79 Å². The minimum absolute atomic E-state index is 0.160. The summed E-state index contributed by atoms with van der Waals surface area (Å²) >= 11 is 0. The minimum Gasteiger partial charge on any atom is -0.480 e. The van der Waals surface area contributed by atoms with Gasteiger partial charge in [-0.2, -0.15) is 0 Å². The fourth-order valence-corrected chi connectivity index (χ4v) is 1.95. The zero-order valence-electron chi connectivity index (χ0n) is 10.2. The van der Waals surface area contributed by atoms with Crippen LogP contribution in [-0.4, -0.2) is 72.9 Å². The van der Waals surface area contributed by atoms with Gasteiger partial charge in [-0.25, -0.2) is 0 Å². The predicted molar refractivity (Wildman–Crippen MR) is 61.6 cm³/mol. The van der Waals surface area contributed by atoms with Crippen LogP contribution < -0.4 is 0 Å². The van der Waals surface area contributed by atoms with E-state index in [0.29, 0.717) is 6.04 Å². The van der Waals surface area contributed by atoms with E-state index >= 15 is 0 Å². The van der Waals surface area contributed by atoms with Gasteiger partial charge < -0.3 is 9.84 Å². The monoisotopic (exact) mass is 230 g/mol. The number of carboxylic acid groups (broad SMARTS) is 1. The molecular formula is C11H22N2O3. The Hall–Kier alpha value is -0.650. The van der Waals surface area contributed by atoms with E-state index in [1.165, 1.54) is 0 Å². The lowest BCUT2D eigenvalue weighted by Gasteiger charge is -2.37. The molecule has 0 aromatic heterocycles. The van der Waals surface area contributed by atoms with Gasteiger partial charge in [-0.3, -0.25) is 14.6 Å². The number of rotatable bonds is 6. The molecule has 1 atom stereocenters. The van der Waals surface area contributed by atoms with Crippen LogP contribution in [0.4, 0.5) is 0 Å². The van der Waals surface area contributed by atoms with Crippen molar-refractivity contribution in [1.29, 1.82) is 0 Å². The molecule has 1 aliphatic rings. The number of ether oxygens (including phenoxy) is 1. The number of hydrogen-bond donors (Lipinski definition) is 1. The molecule has 0 aromatic rings. The van der Waals surface area contributed by atoms with Crippen molar-refractivity contribution in [2.45, 2.75) is 19.9 Å². The molecule has 1 N–H and O–H groups in total. The van der Waals surface area contributed by atoms with Gasteiger partial charge in [0, 0.05) is 38.8 Å². The first kappa shape index (κ1) is 13.4. The first-order valence-corrected chi connectivity index (χ1v) is 5.89. The number of piperazine rings is 1. The summed E-state index contributed by atoms with van der Waals surface area (Å²) in [6.45, 7) is 9.36. The Bertz CT molecular complexity index is 215. The van der Waals surface area contributed by atoms with Gasteiger partial charge in [-0.05, 0) is 13.8 Å². The Kier molecular flexibility index (Phi) is 5.73. The summed E-state index contributed by atoms with van der Waals surface area (Å²) in [6.07, 6.45) is 0. The van der Waals surface area contributed by atoms with E-state index < -0.39 is 5.97 Å². The standard InChI is InChI=1S/C11H22N2O3/c1-3-16-9-10(2)13-6-4-12(5-7-13)8-11(14)15/h10H,3-9H2,1-2H3,(H,14,15). The Balaban J connectivity index is 2.23. The molecule has 1 saturated heterocycles. The zero-order valence-corrected chi connectivity index (χ0v) is 10.2. The molecule has 0 bridgehead atoms. The average Bonchev–Trinajstić information content (AvgIpc) is 2.26. The van der Waals surface area contributed by atoms with Crippen LogP contribution in [0.2, 0.25) is 0 Å². The van der Waals surface area contributed by atoms with E-state index in [0.717, 1.165) is 39.4 Å². The van der Waals surface area contributed by atoms with Gasteiger partial charge in [-0.15, -0.1) is 0 Å². The second kappa shape index (κ2) is 6.83. The van der Waals surface area contributed by atoms with Crippen LogP contribution in [0.5, 0.6) is 0 Å². The fourth-order valence-electron chi connectivity index (χ4n) is 1.95. The molecule has 1 rings (SSSR count). The van der Waals surface area contributed by atoms with Crippen molar-refractivity contribution in [3.63, 3.8) is 0 Å². The van der Waals surface area contributed by atoms with E-state index in [1.54, 1.807) is 0 Å². The molecule has 1 fully saturated rings. The summed E-state index contributed by atoms with van der Waals surface area (Å²) in [5, 5.41) is 8.68. The van der Waals surface area contributed by atoms with Crippen molar-refractivity contribution < 1.29 is 14.6 Å². The van der Waals surface area contributed by atoms with Crippen LogP contribution >= 0.6 is 0 Å². The molecule has 5 nitrogen and oxygen atoms in total. The fraction of sp³-hybridized carbons (Fsp3) is 0.909. The summed E-state index contributed by atoms with van der Waals surface area (Å²) in [5.41, 5.74) is 0. The second-order valence-corrected chi connectivity index (χ2v) is 4.21. The van der Waals surface area contributed by atoms with Crippen molar-refractivity contribution in [2.75, 3.05) is 45.9 Å². The Morgan fingerprint density at radius 1 is 1.38 bits per heavy atom. The van der Waals surface area contributed by atoms with Gasteiger partial charge in [0.1, 0.15) is 0 Å². The predicted octanol–water partition coefficient (Wildman–Crippen LogP) is 0.114. The normalized spacial score (nSPS) is 20.9. The van der Waals surface area contributed by atoms with Crippen LogP contribution in [0, 0.1) is 0 Å². The van der Waals surface area contributed by atoms with Crippen LogP contribution in [0.1, 0.15) is 13.8 Å². The number of hydrogen-bond acceptors (Lipinski definition) is 4. The topological polar surface area (TPSA) is 53.0 Å². The van der Waals surface area contributed by atoms with Crippen LogP contribution in [0.3, 0.4) is 0 Å². The van der Waals surface area contributed by atoms with Crippen molar-refractivity contribution in [2.24, 2.45) is 0 Å². The highest BCUT2D eigenvalue weighted by Gasteiger charge is 2.21. The van der Waals surface area contributed by atoms with E-state index in [1.807, 2.05) is 11.8 Å². The van der Waals surface area contributed by atoms with Crippen molar-refractivity contribution >= 4 is 5.97 Å². The summed E-state index contributed by atoms with van der Waals surface area (Å²) in [7, 11) is 0. The van der Waals surface area contributed by atoms with E-state index in [-0.39, 0.29) is 6.54 Å². The molecule has 0 radical (unpaired) electrons. The Morgan fingerprint density at radius 3 is 2.50 bits per heavy atom. The average molecular weight is 230 g/mol. The molecule has 0 saturated carbocycles. The number of nitrogens with zero attached hydrogens (tertiary/aromatic N) is 2. The molecule has 1 unspecified atom stereocenters. The summed E-state index contributed by atoms with van der Waals surface area (Å²) < 4.78 is 5.39. The van der Waals surface area contributed by atoms with Crippen LogP contribution in [0.25, 0.3) is 0 Å². The van der Waals surface area contributed by atoms with Gasteiger partial charge in [0.05, 0.1) is 13.2 Å². The maximum absolute atomic E-state index is 10.5. The lowest BCUT2D eigenvalue weighted by Crippen LogP contribution is -2.51. The number of carboxylic acids is 1. The Labute approximate surface area is 97.0 Å². The third kappa shape index (κ3) is 4.47. The van der Waals surface area contributed by atoms with Gasteiger partial charge in [0.25, 0.3) is 0 Å². The Morgan fingerprint density at radius 2 is 2.00 bits per heavy atom. The lowest BCUT2D eigenvalue weighted by molar-refractivity contribution is -0.138. The molecule has 94 valence electrons. The largest absolute Gasteiger partial charge is 0.480 e. The third-order valence-electron chi connectivity index (χ3n) is 2.95. The molecule has 16 heavy (non-hydrogen) atoms. The molecule has 0 spiro atoms. The first-order chi connectivity index (χ1) is 7.63. The molecule has 0 aliphatic carbocycles. The molecule has 1 heterocycles. The van der Waals surface area contributed by atoms with Gasteiger partial charge in [0.2, 0.25) is 0 Å². The first-order valence-electron chi connectivity index (χ1n) is 5.89. The molecular weight excluding hydrogens is 208 g/mol. The van der Waals surface area contributed by atoms with Crippen LogP contribution in [0.15, 0.2) is 0 Å². The highest BCUT2D eigenvalue weighted by Crippen LogP contribution is 2.06. The van der Waals surface area contributed by atoms with Crippen molar-refractivity contribution in [3.8, 4) is 0 Å². The van der Waals surface area contributed by atoms with Crippen molar-refractivity contribution in [1.82, 2.24) is 9.80 Å². The number of aliphatic carboxylic acids is 1. The second-order valence-electron chi connectivity index (χ2n) is 4.21. The highest BCUT2D eigenvalue weighted by molar-refractivity contribution is 5.69. The summed E-state index contributed by atoms with van der Waals surface area (Å²) in [4.78, 5) is 14.9. The smallest absolute Gasteiger partial charge is 0.317 e. The maximum Gasteiger partial charge on any atom is 0.317 e. The molecule has 0 aromatic carbocycles. The van der Waals surface area contributed by atoms with Crippen molar-refractivity contribution in [3.05, 3.63) is 0 Å². The quantitative estimate of drug-likeness (QED) is 0.702. The van der Waals surface area contributed by atoms with E-state index in [2.05, 4.69) is 11.8 Å². The van der Waals surface area contributed by atoms with Gasteiger partial charge in [-0.1, -0.05) is 0 Å².